The number of amides is 1. The Labute approximate surface area is 137 Å². The second-order valence-corrected chi connectivity index (χ2v) is 6.76. The van der Waals surface area contributed by atoms with Crippen molar-refractivity contribution in [3.05, 3.63) is 24.3 Å². The molecule has 1 aliphatic carbocycles. The summed E-state index contributed by atoms with van der Waals surface area (Å²) in [6.45, 7) is 0.929. The van der Waals surface area contributed by atoms with E-state index in [4.69, 9.17) is 9.47 Å². The second kappa shape index (κ2) is 6.79. The third kappa shape index (κ3) is 3.44. The van der Waals surface area contributed by atoms with Crippen molar-refractivity contribution in [2.75, 3.05) is 27.2 Å². The lowest BCUT2D eigenvalue weighted by atomic mass is 9.80. The van der Waals surface area contributed by atoms with Crippen molar-refractivity contribution in [2.45, 2.75) is 43.7 Å². The lowest BCUT2D eigenvalue weighted by Gasteiger charge is -2.43. The Balaban J connectivity index is 1.59. The first-order valence-corrected chi connectivity index (χ1v) is 8.44. The van der Waals surface area contributed by atoms with Gasteiger partial charge in [-0.3, -0.25) is 4.79 Å². The van der Waals surface area contributed by atoms with E-state index in [1.807, 2.05) is 24.3 Å². The van der Waals surface area contributed by atoms with Crippen LogP contribution >= 0.6 is 0 Å². The predicted molar refractivity (Wildman–Crippen MR) is 88.9 cm³/mol. The lowest BCUT2D eigenvalue weighted by Crippen LogP contribution is -2.56. The number of nitrogens with zero attached hydrogens (tertiary/aromatic N) is 1. The molecule has 0 unspecified atom stereocenters. The van der Waals surface area contributed by atoms with Crippen molar-refractivity contribution in [1.82, 2.24) is 10.2 Å². The van der Waals surface area contributed by atoms with Crippen LogP contribution < -0.4 is 14.8 Å². The number of carbonyl (C=O) groups excluding carboxylic acids is 1. The Kier molecular flexibility index (Phi) is 4.76. The minimum absolute atomic E-state index is 0.0708. The molecule has 1 N–H and O–H groups in total. The van der Waals surface area contributed by atoms with Gasteiger partial charge in [-0.2, -0.15) is 0 Å². The van der Waals surface area contributed by atoms with Crippen LogP contribution in [0, 0.1) is 0 Å². The average Bonchev–Trinajstić information content (AvgIpc) is 2.60. The van der Waals surface area contributed by atoms with Crippen molar-refractivity contribution >= 4 is 5.91 Å². The zero-order chi connectivity index (χ0) is 16.3. The molecule has 2 aliphatic rings. The van der Waals surface area contributed by atoms with Crippen LogP contribution in [0.3, 0.4) is 0 Å². The fourth-order valence-electron chi connectivity index (χ4n) is 3.51. The molecule has 1 aliphatic heterocycles. The molecule has 1 heterocycles. The highest BCUT2D eigenvalue weighted by Gasteiger charge is 2.36. The van der Waals surface area contributed by atoms with Gasteiger partial charge in [-0.05, 0) is 39.1 Å². The van der Waals surface area contributed by atoms with E-state index in [1.54, 1.807) is 0 Å². The molecule has 1 aromatic carbocycles. The Morgan fingerprint density at radius 1 is 1.22 bits per heavy atom. The van der Waals surface area contributed by atoms with Crippen LogP contribution in [0.5, 0.6) is 11.5 Å². The first kappa shape index (κ1) is 16.1. The number of hydrogen-bond acceptors (Lipinski definition) is 4. The number of nitrogens with one attached hydrogen (secondary N) is 1. The highest BCUT2D eigenvalue weighted by molar-refractivity contribution is 5.81. The molecular weight excluding hydrogens is 292 g/mol. The molecule has 0 radical (unpaired) electrons. The highest BCUT2D eigenvalue weighted by Crippen LogP contribution is 2.32. The number of rotatable bonds is 4. The van der Waals surface area contributed by atoms with E-state index < -0.39 is 6.10 Å². The van der Waals surface area contributed by atoms with Crippen molar-refractivity contribution in [3.8, 4) is 11.5 Å². The fraction of sp³-hybridized carbons (Fsp3) is 0.611. The second-order valence-electron chi connectivity index (χ2n) is 6.76. The van der Waals surface area contributed by atoms with E-state index in [2.05, 4.69) is 24.3 Å². The standard InChI is InChI=1S/C18H26N2O3/c1-20(2)18(10-6-3-7-11-18)13-19-17(21)16-12-22-14-8-4-5-9-15(14)23-16/h4-5,8-9,16H,3,6-7,10-13H2,1-2H3,(H,19,21)/t16-/m0/s1. The Morgan fingerprint density at radius 2 is 1.91 bits per heavy atom. The smallest absolute Gasteiger partial charge is 0.264 e. The first-order chi connectivity index (χ1) is 11.1. The minimum atomic E-state index is -0.576. The molecule has 1 atom stereocenters. The molecule has 0 aromatic heterocycles. The Bertz CT molecular complexity index is 553. The van der Waals surface area contributed by atoms with Crippen LogP contribution in [-0.2, 0) is 4.79 Å². The topological polar surface area (TPSA) is 50.8 Å². The van der Waals surface area contributed by atoms with Crippen LogP contribution in [0.25, 0.3) is 0 Å². The summed E-state index contributed by atoms with van der Waals surface area (Å²) < 4.78 is 11.4. The fourth-order valence-corrected chi connectivity index (χ4v) is 3.51. The number of fused-ring (bicyclic) bond motifs is 1. The monoisotopic (exact) mass is 318 g/mol. The van der Waals surface area contributed by atoms with Crippen LogP contribution in [-0.4, -0.2) is 49.7 Å². The summed E-state index contributed by atoms with van der Waals surface area (Å²) in [7, 11) is 4.21. The van der Waals surface area contributed by atoms with Gasteiger partial charge in [0.25, 0.3) is 5.91 Å². The van der Waals surface area contributed by atoms with Gasteiger partial charge in [-0.15, -0.1) is 0 Å². The normalized spacial score (nSPS) is 22.7. The maximum Gasteiger partial charge on any atom is 0.264 e. The quantitative estimate of drug-likeness (QED) is 0.925. The van der Waals surface area contributed by atoms with Crippen molar-refractivity contribution in [2.24, 2.45) is 0 Å². The van der Waals surface area contributed by atoms with E-state index in [0.717, 1.165) is 12.8 Å². The van der Waals surface area contributed by atoms with E-state index in [9.17, 15) is 4.79 Å². The first-order valence-electron chi connectivity index (χ1n) is 8.44. The van der Waals surface area contributed by atoms with E-state index in [0.29, 0.717) is 18.0 Å². The zero-order valence-electron chi connectivity index (χ0n) is 14.0. The summed E-state index contributed by atoms with van der Waals surface area (Å²) in [4.78, 5) is 14.7. The van der Waals surface area contributed by atoms with Gasteiger partial charge in [0.1, 0.15) is 6.61 Å². The third-order valence-electron chi connectivity index (χ3n) is 5.13. The molecule has 5 heteroatoms. The van der Waals surface area contributed by atoms with Crippen molar-refractivity contribution in [3.63, 3.8) is 0 Å². The van der Waals surface area contributed by atoms with Crippen LogP contribution in [0.4, 0.5) is 0 Å². The SMILES string of the molecule is CN(C)C1(CNC(=O)[C@@H]2COc3ccccc3O2)CCCCC1. The molecule has 0 spiro atoms. The van der Waals surface area contributed by atoms with Gasteiger partial charge in [0.2, 0.25) is 6.10 Å². The van der Waals surface area contributed by atoms with Gasteiger partial charge >= 0.3 is 0 Å². The van der Waals surface area contributed by atoms with Gasteiger partial charge < -0.3 is 19.7 Å². The van der Waals surface area contributed by atoms with Gasteiger partial charge in [0.15, 0.2) is 11.5 Å². The molecule has 1 saturated carbocycles. The van der Waals surface area contributed by atoms with Gasteiger partial charge in [-0.1, -0.05) is 31.4 Å². The van der Waals surface area contributed by atoms with Gasteiger partial charge in [0.05, 0.1) is 0 Å². The number of likely N-dealkylation sites (N-methyl/N-ethyl adjacent to an activating group) is 1. The van der Waals surface area contributed by atoms with Crippen molar-refractivity contribution in [1.29, 1.82) is 0 Å². The largest absolute Gasteiger partial charge is 0.485 e. The molecule has 5 nitrogen and oxygen atoms in total. The number of para-hydroxylation sites is 2. The number of benzene rings is 1. The van der Waals surface area contributed by atoms with Gasteiger partial charge in [-0.25, -0.2) is 0 Å². The van der Waals surface area contributed by atoms with Gasteiger partial charge in [0, 0.05) is 12.1 Å². The summed E-state index contributed by atoms with van der Waals surface area (Å²) in [5.74, 6) is 1.25. The molecule has 0 bridgehead atoms. The Morgan fingerprint density at radius 3 is 2.61 bits per heavy atom. The van der Waals surface area contributed by atoms with Crippen LogP contribution in [0.15, 0.2) is 24.3 Å². The molecule has 3 rings (SSSR count). The van der Waals surface area contributed by atoms with Crippen LogP contribution in [0.2, 0.25) is 0 Å². The molecule has 0 saturated heterocycles. The number of ether oxygens (including phenoxy) is 2. The maximum atomic E-state index is 12.5. The molecule has 126 valence electrons. The predicted octanol–water partition coefficient (Wildman–Crippen LogP) is 2.21. The summed E-state index contributed by atoms with van der Waals surface area (Å²) in [6, 6.07) is 7.46. The van der Waals surface area contributed by atoms with Crippen LogP contribution in [0.1, 0.15) is 32.1 Å². The minimum Gasteiger partial charge on any atom is -0.485 e. The molecular formula is C18H26N2O3. The summed E-state index contributed by atoms with van der Waals surface area (Å²) in [5.41, 5.74) is 0.0708. The molecule has 23 heavy (non-hydrogen) atoms. The summed E-state index contributed by atoms with van der Waals surface area (Å²) in [5, 5.41) is 3.09. The number of hydrogen-bond donors (Lipinski definition) is 1. The number of carbonyl (C=O) groups is 1. The average molecular weight is 318 g/mol. The van der Waals surface area contributed by atoms with E-state index in [1.165, 1.54) is 19.3 Å². The third-order valence-corrected chi connectivity index (χ3v) is 5.13. The Hall–Kier alpha value is -1.75. The van der Waals surface area contributed by atoms with Crippen molar-refractivity contribution < 1.29 is 14.3 Å². The molecule has 1 amide bonds. The summed E-state index contributed by atoms with van der Waals surface area (Å²) in [6.07, 6.45) is 5.43. The summed E-state index contributed by atoms with van der Waals surface area (Å²) >= 11 is 0. The van der Waals surface area contributed by atoms with E-state index >= 15 is 0 Å². The molecule has 1 aromatic rings. The molecule has 1 fully saturated rings. The lowest BCUT2D eigenvalue weighted by molar-refractivity contribution is -0.131. The maximum absolute atomic E-state index is 12.5. The zero-order valence-corrected chi connectivity index (χ0v) is 14.0. The highest BCUT2D eigenvalue weighted by atomic mass is 16.6. The van der Waals surface area contributed by atoms with E-state index in [-0.39, 0.29) is 18.1 Å².